The smallest absolute Gasteiger partial charge is 0.110 e. The number of imidazole rings is 1. The molecule has 0 radical (unpaired) electrons. The summed E-state index contributed by atoms with van der Waals surface area (Å²) in [5.74, 6) is 1.03. The summed E-state index contributed by atoms with van der Waals surface area (Å²) in [6.45, 7) is 3.13. The summed E-state index contributed by atoms with van der Waals surface area (Å²) in [5.41, 5.74) is 7.31. The number of halogens is 2. The van der Waals surface area contributed by atoms with E-state index >= 15 is 0 Å². The zero-order chi connectivity index (χ0) is 13.8. The first kappa shape index (κ1) is 14.6. The van der Waals surface area contributed by atoms with E-state index in [1.165, 1.54) is 0 Å². The van der Waals surface area contributed by atoms with Crippen LogP contribution >= 0.6 is 27.5 Å². The van der Waals surface area contributed by atoms with Gasteiger partial charge in [0.25, 0.3) is 0 Å². The number of nitrogens with zero attached hydrogens (tertiary/aromatic N) is 2. The van der Waals surface area contributed by atoms with Crippen molar-refractivity contribution in [1.82, 2.24) is 9.55 Å². The van der Waals surface area contributed by atoms with Gasteiger partial charge in [-0.2, -0.15) is 0 Å². The Bertz CT molecular complexity index is 553. The normalized spacial score (nSPS) is 12.6. The molecular formula is C14H17BrClN3. The summed E-state index contributed by atoms with van der Waals surface area (Å²) in [7, 11) is 0. The Labute approximate surface area is 126 Å². The molecule has 1 atom stereocenters. The molecule has 0 aliphatic carbocycles. The van der Waals surface area contributed by atoms with E-state index in [-0.39, 0.29) is 6.04 Å². The number of rotatable bonds is 5. The van der Waals surface area contributed by atoms with E-state index in [4.69, 9.17) is 17.3 Å². The molecule has 102 valence electrons. The second kappa shape index (κ2) is 6.55. The van der Waals surface area contributed by atoms with Crippen molar-refractivity contribution in [2.24, 2.45) is 5.73 Å². The van der Waals surface area contributed by atoms with Gasteiger partial charge in [0.15, 0.2) is 0 Å². The lowest BCUT2D eigenvalue weighted by Crippen LogP contribution is -2.16. The van der Waals surface area contributed by atoms with Gasteiger partial charge in [-0.25, -0.2) is 4.98 Å². The first-order valence-electron chi connectivity index (χ1n) is 6.32. The SMILES string of the molecule is CCCn1ccnc1CC(N)c1ccc(Cl)c(Br)c1. The van der Waals surface area contributed by atoms with Gasteiger partial charge in [-0.15, -0.1) is 0 Å². The molecule has 0 fully saturated rings. The van der Waals surface area contributed by atoms with Crippen LogP contribution in [0.1, 0.15) is 30.8 Å². The molecule has 0 amide bonds. The third kappa shape index (κ3) is 3.59. The Hall–Kier alpha value is -0.840. The van der Waals surface area contributed by atoms with Crippen LogP contribution in [0.25, 0.3) is 0 Å². The molecule has 19 heavy (non-hydrogen) atoms. The zero-order valence-electron chi connectivity index (χ0n) is 10.8. The molecular weight excluding hydrogens is 326 g/mol. The van der Waals surface area contributed by atoms with Gasteiger partial charge in [-0.05, 0) is 40.0 Å². The van der Waals surface area contributed by atoms with E-state index in [0.717, 1.165) is 35.2 Å². The molecule has 2 N–H and O–H groups in total. The highest BCUT2D eigenvalue weighted by Gasteiger charge is 2.12. The van der Waals surface area contributed by atoms with Crippen LogP contribution in [0.2, 0.25) is 5.02 Å². The number of nitrogens with two attached hydrogens (primary N) is 1. The predicted octanol–water partition coefficient (Wildman–Crippen LogP) is 3.95. The maximum Gasteiger partial charge on any atom is 0.110 e. The van der Waals surface area contributed by atoms with Crippen LogP contribution in [0.4, 0.5) is 0 Å². The first-order valence-corrected chi connectivity index (χ1v) is 7.49. The average molecular weight is 343 g/mol. The third-order valence-corrected chi connectivity index (χ3v) is 4.25. The van der Waals surface area contributed by atoms with E-state index in [0.29, 0.717) is 5.02 Å². The minimum atomic E-state index is -0.0772. The van der Waals surface area contributed by atoms with Crippen molar-refractivity contribution in [1.29, 1.82) is 0 Å². The number of aryl methyl sites for hydroxylation is 1. The van der Waals surface area contributed by atoms with Crippen molar-refractivity contribution in [3.8, 4) is 0 Å². The van der Waals surface area contributed by atoms with Gasteiger partial charge in [0, 0.05) is 35.9 Å². The molecule has 1 aromatic carbocycles. The predicted molar refractivity (Wildman–Crippen MR) is 82.3 cm³/mol. The zero-order valence-corrected chi connectivity index (χ0v) is 13.2. The topological polar surface area (TPSA) is 43.8 Å². The Morgan fingerprint density at radius 3 is 2.95 bits per heavy atom. The molecule has 0 bridgehead atoms. The molecule has 1 aromatic heterocycles. The maximum atomic E-state index is 6.25. The molecule has 0 aliphatic rings. The van der Waals surface area contributed by atoms with Gasteiger partial charge in [-0.3, -0.25) is 0 Å². The Morgan fingerprint density at radius 1 is 1.47 bits per heavy atom. The van der Waals surface area contributed by atoms with Crippen LogP contribution in [0.5, 0.6) is 0 Å². The minimum Gasteiger partial charge on any atom is -0.335 e. The monoisotopic (exact) mass is 341 g/mol. The van der Waals surface area contributed by atoms with E-state index < -0.39 is 0 Å². The average Bonchev–Trinajstić information content (AvgIpc) is 2.80. The molecule has 1 unspecified atom stereocenters. The lowest BCUT2D eigenvalue weighted by molar-refractivity contribution is 0.598. The number of aromatic nitrogens is 2. The van der Waals surface area contributed by atoms with Gasteiger partial charge in [0.2, 0.25) is 0 Å². The maximum absolute atomic E-state index is 6.25. The van der Waals surface area contributed by atoms with Crippen LogP contribution in [0.3, 0.4) is 0 Å². The van der Waals surface area contributed by atoms with E-state index in [1.807, 2.05) is 30.6 Å². The van der Waals surface area contributed by atoms with Gasteiger partial charge in [0.1, 0.15) is 5.82 Å². The molecule has 1 heterocycles. The van der Waals surface area contributed by atoms with Crippen molar-refractivity contribution in [2.45, 2.75) is 32.4 Å². The van der Waals surface area contributed by atoms with Crippen molar-refractivity contribution in [3.63, 3.8) is 0 Å². The fraction of sp³-hybridized carbons (Fsp3) is 0.357. The highest BCUT2D eigenvalue weighted by Crippen LogP contribution is 2.26. The quantitative estimate of drug-likeness (QED) is 0.894. The number of hydrogen-bond donors (Lipinski definition) is 1. The van der Waals surface area contributed by atoms with E-state index in [2.05, 4.69) is 32.4 Å². The van der Waals surface area contributed by atoms with Gasteiger partial charge < -0.3 is 10.3 Å². The lowest BCUT2D eigenvalue weighted by Gasteiger charge is -2.14. The van der Waals surface area contributed by atoms with Crippen LogP contribution in [0.15, 0.2) is 35.1 Å². The molecule has 2 aromatic rings. The fourth-order valence-corrected chi connectivity index (χ4v) is 2.55. The molecule has 0 aliphatic heterocycles. The Morgan fingerprint density at radius 2 is 2.26 bits per heavy atom. The summed E-state index contributed by atoms with van der Waals surface area (Å²) >= 11 is 9.41. The summed E-state index contributed by atoms with van der Waals surface area (Å²) in [6.07, 6.45) is 5.64. The molecule has 3 nitrogen and oxygen atoms in total. The lowest BCUT2D eigenvalue weighted by atomic mass is 10.0. The van der Waals surface area contributed by atoms with Crippen molar-refractivity contribution < 1.29 is 0 Å². The largest absolute Gasteiger partial charge is 0.335 e. The van der Waals surface area contributed by atoms with Crippen LogP contribution in [0, 0.1) is 0 Å². The Balaban J connectivity index is 2.13. The second-order valence-corrected chi connectivity index (χ2v) is 5.78. The van der Waals surface area contributed by atoms with Gasteiger partial charge in [0.05, 0.1) is 5.02 Å². The van der Waals surface area contributed by atoms with Crippen molar-refractivity contribution in [3.05, 3.63) is 51.5 Å². The minimum absolute atomic E-state index is 0.0772. The highest BCUT2D eigenvalue weighted by atomic mass is 79.9. The summed E-state index contributed by atoms with van der Waals surface area (Å²) in [4.78, 5) is 4.39. The molecule has 0 spiro atoms. The van der Waals surface area contributed by atoms with Crippen molar-refractivity contribution in [2.75, 3.05) is 0 Å². The summed E-state index contributed by atoms with van der Waals surface area (Å²) in [5, 5.41) is 0.698. The first-order chi connectivity index (χ1) is 9.11. The van der Waals surface area contributed by atoms with E-state index in [1.54, 1.807) is 0 Å². The van der Waals surface area contributed by atoms with Gasteiger partial charge >= 0.3 is 0 Å². The van der Waals surface area contributed by atoms with Crippen LogP contribution in [-0.4, -0.2) is 9.55 Å². The summed E-state index contributed by atoms with van der Waals surface area (Å²) < 4.78 is 3.03. The Kier molecular flexibility index (Phi) is 5.02. The number of benzene rings is 1. The number of hydrogen-bond acceptors (Lipinski definition) is 2. The summed E-state index contributed by atoms with van der Waals surface area (Å²) in [6, 6.07) is 5.72. The van der Waals surface area contributed by atoms with E-state index in [9.17, 15) is 0 Å². The van der Waals surface area contributed by atoms with Gasteiger partial charge in [-0.1, -0.05) is 24.6 Å². The second-order valence-electron chi connectivity index (χ2n) is 4.52. The highest BCUT2D eigenvalue weighted by molar-refractivity contribution is 9.10. The van der Waals surface area contributed by atoms with Crippen molar-refractivity contribution >= 4 is 27.5 Å². The standard InChI is InChI=1S/C14H17BrClN3/c1-2-6-19-7-5-18-14(19)9-13(17)10-3-4-12(16)11(15)8-10/h3-5,7-8,13H,2,6,9,17H2,1H3. The molecule has 2 rings (SSSR count). The molecule has 5 heteroatoms. The molecule has 0 saturated heterocycles. The molecule has 0 saturated carbocycles. The van der Waals surface area contributed by atoms with Crippen LogP contribution < -0.4 is 5.73 Å². The third-order valence-electron chi connectivity index (χ3n) is 3.04. The van der Waals surface area contributed by atoms with Crippen LogP contribution in [-0.2, 0) is 13.0 Å². The fourth-order valence-electron chi connectivity index (χ4n) is 2.03.